The highest BCUT2D eigenvalue weighted by Gasteiger charge is 2.38. The molecule has 3 aromatic rings. The van der Waals surface area contributed by atoms with Crippen LogP contribution in [0.25, 0.3) is 0 Å². The van der Waals surface area contributed by atoms with E-state index in [0.29, 0.717) is 24.1 Å². The van der Waals surface area contributed by atoms with Gasteiger partial charge in [-0.2, -0.15) is 13.9 Å². The van der Waals surface area contributed by atoms with Crippen LogP contribution in [0, 0.1) is 18.8 Å². The molecule has 4 rings (SSSR count). The molecule has 1 N–H and O–H groups in total. The van der Waals surface area contributed by atoms with E-state index in [2.05, 4.69) is 43.2 Å². The van der Waals surface area contributed by atoms with Gasteiger partial charge in [-0.05, 0) is 53.0 Å². The number of rotatable bonds is 2. The maximum atomic E-state index is 14.0. The van der Waals surface area contributed by atoms with Gasteiger partial charge < -0.3 is 5.32 Å². The van der Waals surface area contributed by atoms with Gasteiger partial charge >= 0.3 is 0 Å². The minimum Gasteiger partial charge on any atom is -0.305 e. The number of anilines is 1. The van der Waals surface area contributed by atoms with Crippen LogP contribution in [0.3, 0.4) is 0 Å². The summed E-state index contributed by atoms with van der Waals surface area (Å²) in [6.07, 6.45) is 3.47. The zero-order valence-corrected chi connectivity index (χ0v) is 17.6. The van der Waals surface area contributed by atoms with Crippen LogP contribution in [-0.4, -0.2) is 20.7 Å². The summed E-state index contributed by atoms with van der Waals surface area (Å²) in [6, 6.07) is 8.23. The molecule has 152 valence electrons. The number of aryl methyl sites for hydroxylation is 2. The molecule has 0 saturated carbocycles. The second-order valence-electron chi connectivity index (χ2n) is 7.07. The molecule has 2 aromatic heterocycles. The molecule has 1 aliphatic rings. The molecule has 0 radical (unpaired) electrons. The van der Waals surface area contributed by atoms with Crippen LogP contribution in [0.4, 0.5) is 14.6 Å². The number of carbonyl (C=O) groups is 1. The summed E-state index contributed by atoms with van der Waals surface area (Å²) in [5.41, 5.74) is 2.55. The summed E-state index contributed by atoms with van der Waals surface area (Å²) in [5.74, 6) is 2.84. The highest BCUT2D eigenvalue weighted by molar-refractivity contribution is 9.10. The Kier molecular flexibility index (Phi) is 5.39. The van der Waals surface area contributed by atoms with E-state index in [4.69, 9.17) is 0 Å². The van der Waals surface area contributed by atoms with Gasteiger partial charge in [0.2, 0.25) is 0 Å². The minimum atomic E-state index is -2.93. The maximum absolute atomic E-state index is 14.0. The van der Waals surface area contributed by atoms with Crippen molar-refractivity contribution in [2.75, 3.05) is 5.32 Å². The smallest absolute Gasteiger partial charge is 0.289 e. The predicted octanol–water partition coefficient (Wildman–Crippen LogP) is 4.89. The largest absolute Gasteiger partial charge is 0.305 e. The van der Waals surface area contributed by atoms with E-state index < -0.39 is 11.8 Å². The third-order valence-electron chi connectivity index (χ3n) is 4.80. The molecule has 1 aromatic carbocycles. The number of aromatic nitrogens is 3. The van der Waals surface area contributed by atoms with Gasteiger partial charge in [-0.1, -0.05) is 17.9 Å². The topological polar surface area (TPSA) is 59.8 Å². The van der Waals surface area contributed by atoms with E-state index in [1.54, 1.807) is 30.6 Å². The Labute approximate surface area is 180 Å². The van der Waals surface area contributed by atoms with Crippen molar-refractivity contribution >= 4 is 27.7 Å². The van der Waals surface area contributed by atoms with E-state index >= 15 is 0 Å². The SMILES string of the molecule is Cc1ccc(C(=O)Nc2cc3n(n2)CCCC3(F)F)cc1C#Cc1cncc(Br)c1. The lowest BCUT2D eigenvalue weighted by Gasteiger charge is -2.22. The Morgan fingerprint density at radius 1 is 1.23 bits per heavy atom. The molecule has 5 nitrogen and oxygen atoms in total. The van der Waals surface area contributed by atoms with Crippen molar-refractivity contribution in [2.45, 2.75) is 32.2 Å². The Bertz CT molecular complexity index is 1190. The average molecular weight is 471 g/mol. The minimum absolute atomic E-state index is 0.116. The summed E-state index contributed by atoms with van der Waals surface area (Å²) in [5, 5.41) is 6.71. The average Bonchev–Trinajstić information content (AvgIpc) is 3.11. The number of carbonyl (C=O) groups excluding carboxylic acids is 1. The number of amides is 1. The third-order valence-corrected chi connectivity index (χ3v) is 5.24. The van der Waals surface area contributed by atoms with Crippen molar-refractivity contribution in [1.82, 2.24) is 14.8 Å². The van der Waals surface area contributed by atoms with Gasteiger partial charge in [0.1, 0.15) is 5.69 Å². The molecule has 3 heterocycles. The van der Waals surface area contributed by atoms with Crippen molar-refractivity contribution in [2.24, 2.45) is 0 Å². The van der Waals surface area contributed by atoms with Gasteiger partial charge in [-0.3, -0.25) is 14.5 Å². The molecule has 0 fully saturated rings. The van der Waals surface area contributed by atoms with Crippen molar-refractivity contribution < 1.29 is 13.6 Å². The molecule has 1 aliphatic heterocycles. The van der Waals surface area contributed by atoms with Crippen LogP contribution in [0.5, 0.6) is 0 Å². The molecular weight excluding hydrogens is 454 g/mol. The van der Waals surface area contributed by atoms with E-state index in [-0.39, 0.29) is 17.9 Å². The molecule has 0 spiro atoms. The summed E-state index contributed by atoms with van der Waals surface area (Å²) in [6.45, 7) is 2.31. The van der Waals surface area contributed by atoms with Gasteiger partial charge in [0.15, 0.2) is 5.82 Å². The van der Waals surface area contributed by atoms with E-state index in [1.165, 1.54) is 10.7 Å². The highest BCUT2D eigenvalue weighted by atomic mass is 79.9. The first-order chi connectivity index (χ1) is 14.3. The van der Waals surface area contributed by atoms with Crippen molar-refractivity contribution in [3.63, 3.8) is 0 Å². The molecule has 0 bridgehead atoms. The molecule has 30 heavy (non-hydrogen) atoms. The fourth-order valence-electron chi connectivity index (χ4n) is 3.23. The van der Waals surface area contributed by atoms with Gasteiger partial charge in [0.05, 0.1) is 0 Å². The molecule has 1 amide bonds. The Morgan fingerprint density at radius 2 is 2.07 bits per heavy atom. The van der Waals surface area contributed by atoms with Crippen molar-refractivity contribution in [3.8, 4) is 11.8 Å². The quantitative estimate of drug-likeness (QED) is 0.542. The third kappa shape index (κ3) is 4.26. The maximum Gasteiger partial charge on any atom is 0.289 e. The number of hydrogen-bond donors (Lipinski definition) is 1. The summed E-state index contributed by atoms with van der Waals surface area (Å²) in [7, 11) is 0. The number of hydrogen-bond acceptors (Lipinski definition) is 3. The van der Waals surface area contributed by atoms with Crippen molar-refractivity contribution in [3.05, 3.63) is 75.1 Å². The normalized spacial score (nSPS) is 14.4. The van der Waals surface area contributed by atoms with Crippen LogP contribution < -0.4 is 5.32 Å². The first-order valence-electron chi connectivity index (χ1n) is 9.32. The highest BCUT2D eigenvalue weighted by Crippen LogP contribution is 2.37. The van der Waals surface area contributed by atoms with Gasteiger partial charge in [-0.25, -0.2) is 0 Å². The number of fused-ring (bicyclic) bond motifs is 1. The number of benzene rings is 1. The lowest BCUT2D eigenvalue weighted by atomic mass is 10.0. The molecule has 8 heteroatoms. The van der Waals surface area contributed by atoms with Gasteiger partial charge in [0, 0.05) is 52.6 Å². The number of nitrogens with zero attached hydrogens (tertiary/aromatic N) is 3. The van der Waals surface area contributed by atoms with E-state index in [1.807, 2.05) is 13.0 Å². The summed E-state index contributed by atoms with van der Waals surface area (Å²) in [4.78, 5) is 16.7. The van der Waals surface area contributed by atoms with Crippen LogP contribution in [0.1, 0.15) is 45.6 Å². The molecular formula is C22H17BrF2N4O. The number of nitrogens with one attached hydrogen (secondary N) is 1. The second kappa shape index (κ2) is 8.00. The summed E-state index contributed by atoms with van der Waals surface area (Å²) >= 11 is 3.36. The standard InChI is InChI=1S/C22H17BrF2N4O/c1-14-3-5-17(10-16(14)6-4-15-9-18(23)13-26-12-15)21(30)27-20-11-19-22(24,25)7-2-8-29(19)28-20/h3,5,9-13H,2,7-8H2,1H3,(H,27,28,30). The number of pyridine rings is 1. The molecule has 0 aliphatic carbocycles. The monoisotopic (exact) mass is 470 g/mol. The van der Waals surface area contributed by atoms with Gasteiger partial charge in [-0.15, -0.1) is 0 Å². The zero-order valence-electron chi connectivity index (χ0n) is 16.0. The van der Waals surface area contributed by atoms with E-state index in [0.717, 1.165) is 15.6 Å². The fraction of sp³-hybridized carbons (Fsp3) is 0.227. The molecule has 0 atom stereocenters. The second-order valence-corrected chi connectivity index (χ2v) is 7.99. The zero-order chi connectivity index (χ0) is 21.3. The number of alkyl halides is 2. The number of halogens is 3. The Hall–Kier alpha value is -3.05. The first kappa shape index (κ1) is 20.2. The molecule has 0 unspecified atom stereocenters. The predicted molar refractivity (Wildman–Crippen MR) is 112 cm³/mol. The van der Waals surface area contributed by atoms with Crippen LogP contribution in [0.15, 0.2) is 47.2 Å². The van der Waals surface area contributed by atoms with Crippen LogP contribution in [-0.2, 0) is 12.5 Å². The lowest BCUT2D eigenvalue weighted by Crippen LogP contribution is -2.25. The van der Waals surface area contributed by atoms with E-state index in [9.17, 15) is 13.6 Å². The van der Waals surface area contributed by atoms with Crippen molar-refractivity contribution in [1.29, 1.82) is 0 Å². The lowest BCUT2D eigenvalue weighted by molar-refractivity contribution is -0.0364. The van der Waals surface area contributed by atoms with Crippen LogP contribution >= 0.6 is 15.9 Å². The first-order valence-corrected chi connectivity index (χ1v) is 10.1. The summed E-state index contributed by atoms with van der Waals surface area (Å²) < 4.78 is 30.1. The van der Waals surface area contributed by atoms with Gasteiger partial charge in [0.25, 0.3) is 11.8 Å². The Morgan fingerprint density at radius 3 is 2.83 bits per heavy atom. The van der Waals surface area contributed by atoms with Crippen LogP contribution in [0.2, 0.25) is 0 Å². The fourth-order valence-corrected chi connectivity index (χ4v) is 3.59. The Balaban J connectivity index is 1.56. The molecule has 0 saturated heterocycles.